The summed E-state index contributed by atoms with van der Waals surface area (Å²) >= 11 is 0. The van der Waals surface area contributed by atoms with Crippen molar-refractivity contribution in [1.29, 1.82) is 0 Å². The minimum Gasteiger partial charge on any atom is -0.468 e. The number of benzene rings is 1. The van der Waals surface area contributed by atoms with Crippen LogP contribution in [0.2, 0.25) is 0 Å². The van der Waals surface area contributed by atoms with Gasteiger partial charge in [-0.3, -0.25) is 9.69 Å². The van der Waals surface area contributed by atoms with Crippen molar-refractivity contribution >= 4 is 18.1 Å². The molecule has 2 aliphatic rings. The Kier molecular flexibility index (Phi) is 5.76. The first-order valence-electron chi connectivity index (χ1n) is 7.59. The maximum absolute atomic E-state index is 10.8. The topological polar surface area (TPSA) is 78.9 Å². The van der Waals surface area contributed by atoms with Crippen LogP contribution in [0.3, 0.4) is 0 Å². The molecule has 23 heavy (non-hydrogen) atoms. The number of carbonyl (C=O) groups excluding carboxylic acids is 1. The van der Waals surface area contributed by atoms with Crippen LogP contribution in [0.15, 0.2) is 24.8 Å². The highest BCUT2D eigenvalue weighted by molar-refractivity contribution is 5.75. The van der Waals surface area contributed by atoms with Crippen molar-refractivity contribution in [1.82, 2.24) is 10.2 Å². The summed E-state index contributed by atoms with van der Waals surface area (Å²) in [5.41, 5.74) is 3.21. The first kappa shape index (κ1) is 17.0. The molecule has 1 aromatic carbocycles. The molecule has 3 rings (SSSR count). The fourth-order valence-corrected chi connectivity index (χ4v) is 2.80. The van der Waals surface area contributed by atoms with Crippen LogP contribution in [-0.4, -0.2) is 41.8 Å². The van der Waals surface area contributed by atoms with Gasteiger partial charge in [0.25, 0.3) is 0 Å². The highest BCUT2D eigenvalue weighted by Gasteiger charge is 2.24. The van der Waals surface area contributed by atoms with Crippen LogP contribution in [0.1, 0.15) is 29.5 Å². The van der Waals surface area contributed by atoms with Crippen LogP contribution in [0.5, 0.6) is 0 Å². The van der Waals surface area contributed by atoms with Gasteiger partial charge in [0.2, 0.25) is 0 Å². The van der Waals surface area contributed by atoms with E-state index in [9.17, 15) is 9.59 Å². The number of methoxy groups -OCH3 is 1. The van der Waals surface area contributed by atoms with Crippen LogP contribution < -0.4 is 5.32 Å². The summed E-state index contributed by atoms with van der Waals surface area (Å²) in [6.45, 7) is 5.63. The third-order valence-corrected chi connectivity index (χ3v) is 4.06. The summed E-state index contributed by atoms with van der Waals surface area (Å²) < 4.78 is 4.53. The predicted molar refractivity (Wildman–Crippen MR) is 86.8 cm³/mol. The Labute approximate surface area is 135 Å². The van der Waals surface area contributed by atoms with Gasteiger partial charge in [0.1, 0.15) is 6.04 Å². The Balaban J connectivity index is 0.000000185. The van der Waals surface area contributed by atoms with E-state index in [1.165, 1.54) is 12.0 Å². The number of hydrogen-bond acceptors (Lipinski definition) is 4. The number of fused-ring (bicyclic) bond motifs is 1. The Morgan fingerprint density at radius 2 is 2.22 bits per heavy atom. The van der Waals surface area contributed by atoms with Crippen LogP contribution in [0.25, 0.3) is 6.08 Å². The molecule has 6 nitrogen and oxygen atoms in total. The Bertz CT molecular complexity index is 594. The number of rotatable bonds is 2. The largest absolute Gasteiger partial charge is 0.468 e. The minimum absolute atomic E-state index is 0.0324. The third-order valence-electron chi connectivity index (χ3n) is 4.06. The molecule has 1 aromatic rings. The summed E-state index contributed by atoms with van der Waals surface area (Å²) in [7, 11) is 1.42. The van der Waals surface area contributed by atoms with E-state index in [2.05, 4.69) is 16.6 Å². The standard InChI is InChI=1S/C11H11NO2.C6H11NO2/c1-2-8-4-3-5-9-6-12(11(13)14)7-10(8)9;1-9-6(8)5-3-2-4-7-5/h2-5H,1,6-7H2,(H,13,14);5,7H,2-4H2,1H3/t;5-/m.0/s1. The van der Waals surface area contributed by atoms with Gasteiger partial charge in [0.05, 0.1) is 13.7 Å². The van der Waals surface area contributed by atoms with E-state index < -0.39 is 6.09 Å². The van der Waals surface area contributed by atoms with Gasteiger partial charge in [-0.15, -0.1) is 0 Å². The molecule has 2 heterocycles. The van der Waals surface area contributed by atoms with E-state index in [1.807, 2.05) is 18.2 Å². The Morgan fingerprint density at radius 3 is 2.78 bits per heavy atom. The molecule has 0 radical (unpaired) electrons. The number of nitrogens with one attached hydrogen (secondary N) is 1. The molecule has 0 spiro atoms. The molecular weight excluding hydrogens is 296 g/mol. The molecule has 1 fully saturated rings. The van der Waals surface area contributed by atoms with E-state index in [4.69, 9.17) is 5.11 Å². The van der Waals surface area contributed by atoms with Gasteiger partial charge in [-0.2, -0.15) is 0 Å². The molecule has 6 heteroatoms. The first-order valence-corrected chi connectivity index (χ1v) is 7.59. The van der Waals surface area contributed by atoms with Crippen molar-refractivity contribution in [3.63, 3.8) is 0 Å². The number of nitrogens with zero attached hydrogens (tertiary/aromatic N) is 1. The zero-order valence-corrected chi connectivity index (χ0v) is 13.2. The van der Waals surface area contributed by atoms with Crippen LogP contribution in [-0.2, 0) is 22.6 Å². The SMILES string of the molecule is C=Cc1cccc2c1CN(C(=O)O)C2.COC(=O)[C@@H]1CCCN1. The average molecular weight is 318 g/mol. The minimum atomic E-state index is -0.865. The molecule has 124 valence electrons. The predicted octanol–water partition coefficient (Wildman–Crippen LogP) is 2.23. The molecule has 0 bridgehead atoms. The molecule has 2 N–H and O–H groups in total. The van der Waals surface area contributed by atoms with Gasteiger partial charge in [-0.05, 0) is 36.1 Å². The maximum Gasteiger partial charge on any atom is 0.407 e. The van der Waals surface area contributed by atoms with Gasteiger partial charge in [-0.25, -0.2) is 4.79 Å². The molecule has 0 unspecified atom stereocenters. The quantitative estimate of drug-likeness (QED) is 0.818. The van der Waals surface area contributed by atoms with Gasteiger partial charge in [-0.1, -0.05) is 30.9 Å². The lowest BCUT2D eigenvalue weighted by molar-refractivity contribution is -0.142. The van der Waals surface area contributed by atoms with E-state index in [0.29, 0.717) is 13.1 Å². The Morgan fingerprint density at radius 1 is 1.43 bits per heavy atom. The first-order chi connectivity index (χ1) is 11.1. The zero-order chi connectivity index (χ0) is 16.8. The molecule has 0 aliphatic carbocycles. The van der Waals surface area contributed by atoms with Crippen molar-refractivity contribution in [2.45, 2.75) is 32.0 Å². The van der Waals surface area contributed by atoms with Crippen LogP contribution in [0, 0.1) is 0 Å². The van der Waals surface area contributed by atoms with E-state index >= 15 is 0 Å². The fourth-order valence-electron chi connectivity index (χ4n) is 2.80. The zero-order valence-electron chi connectivity index (χ0n) is 13.2. The lowest BCUT2D eigenvalue weighted by atomic mass is 10.0. The number of ether oxygens (including phenoxy) is 1. The van der Waals surface area contributed by atoms with E-state index in [0.717, 1.165) is 36.1 Å². The van der Waals surface area contributed by atoms with E-state index in [1.54, 1.807) is 6.08 Å². The van der Waals surface area contributed by atoms with Crippen molar-refractivity contribution < 1.29 is 19.4 Å². The Hall–Kier alpha value is -2.34. The number of hydrogen-bond donors (Lipinski definition) is 2. The highest BCUT2D eigenvalue weighted by atomic mass is 16.5. The summed E-state index contributed by atoms with van der Waals surface area (Å²) in [5.74, 6) is -0.132. The third kappa shape index (κ3) is 4.10. The molecule has 2 aliphatic heterocycles. The summed E-state index contributed by atoms with van der Waals surface area (Å²) in [6, 6.07) is 5.82. The number of carboxylic acid groups (broad SMARTS) is 1. The smallest absolute Gasteiger partial charge is 0.407 e. The monoisotopic (exact) mass is 318 g/mol. The second-order valence-electron chi connectivity index (χ2n) is 5.50. The van der Waals surface area contributed by atoms with Crippen molar-refractivity contribution in [3.8, 4) is 0 Å². The molecule has 1 amide bonds. The van der Waals surface area contributed by atoms with Crippen molar-refractivity contribution in [2.24, 2.45) is 0 Å². The van der Waals surface area contributed by atoms with Gasteiger partial charge >= 0.3 is 12.1 Å². The second-order valence-corrected chi connectivity index (χ2v) is 5.50. The normalized spacial score (nSPS) is 18.7. The molecule has 1 atom stereocenters. The number of amides is 1. The van der Waals surface area contributed by atoms with Gasteiger partial charge in [0, 0.05) is 6.54 Å². The molecule has 0 aromatic heterocycles. The highest BCUT2D eigenvalue weighted by Crippen LogP contribution is 2.26. The lowest BCUT2D eigenvalue weighted by Gasteiger charge is -2.09. The molecule has 1 saturated heterocycles. The van der Waals surface area contributed by atoms with Gasteiger partial charge in [0.15, 0.2) is 0 Å². The maximum atomic E-state index is 10.8. The molecule has 0 saturated carbocycles. The fraction of sp³-hybridized carbons (Fsp3) is 0.412. The second kappa shape index (κ2) is 7.78. The summed E-state index contributed by atoms with van der Waals surface area (Å²) in [5, 5.41) is 11.9. The molecular formula is C17H22N2O4. The van der Waals surface area contributed by atoms with Crippen molar-refractivity contribution in [2.75, 3.05) is 13.7 Å². The van der Waals surface area contributed by atoms with Crippen LogP contribution >= 0.6 is 0 Å². The van der Waals surface area contributed by atoms with Crippen molar-refractivity contribution in [3.05, 3.63) is 41.5 Å². The summed E-state index contributed by atoms with van der Waals surface area (Å²) in [6.07, 6.45) is 2.91. The van der Waals surface area contributed by atoms with Crippen LogP contribution in [0.4, 0.5) is 4.79 Å². The number of carbonyl (C=O) groups is 2. The van der Waals surface area contributed by atoms with Gasteiger partial charge < -0.3 is 15.2 Å². The number of esters is 1. The van der Waals surface area contributed by atoms with E-state index in [-0.39, 0.29) is 12.0 Å². The average Bonchev–Trinajstić information content (AvgIpc) is 3.23. The lowest BCUT2D eigenvalue weighted by Crippen LogP contribution is -2.31. The summed E-state index contributed by atoms with van der Waals surface area (Å²) in [4.78, 5) is 22.9.